The number of aliphatic hydroxyl groups excluding tert-OH is 1. The van der Waals surface area contributed by atoms with Gasteiger partial charge in [0.1, 0.15) is 12.6 Å². The number of rotatable bonds is 1. The molecule has 74 valence electrons. The summed E-state index contributed by atoms with van der Waals surface area (Å²) in [6, 6.07) is 3.76. The third kappa shape index (κ3) is 1.29. The molecule has 14 heavy (non-hydrogen) atoms. The summed E-state index contributed by atoms with van der Waals surface area (Å²) in [7, 11) is 0. The van der Waals surface area contributed by atoms with Crippen molar-refractivity contribution in [2.24, 2.45) is 0 Å². The quantitative estimate of drug-likeness (QED) is 0.784. The Kier molecular flexibility index (Phi) is 2.21. The average molecular weight is 211 g/mol. The van der Waals surface area contributed by atoms with Gasteiger partial charge in [-0.2, -0.15) is 0 Å². The van der Waals surface area contributed by atoms with Crippen LogP contribution < -0.4 is 0 Å². The van der Waals surface area contributed by atoms with Gasteiger partial charge >= 0.3 is 0 Å². The van der Waals surface area contributed by atoms with Crippen molar-refractivity contribution in [2.45, 2.75) is 20.6 Å². The van der Waals surface area contributed by atoms with Crippen LogP contribution in [-0.2, 0) is 6.73 Å². The monoisotopic (exact) mass is 210 g/mol. The minimum absolute atomic E-state index is 0.0522. The van der Waals surface area contributed by atoms with E-state index in [0.717, 1.165) is 22.4 Å². The lowest BCUT2D eigenvalue weighted by atomic mass is 10.2. The zero-order valence-electron chi connectivity index (χ0n) is 8.08. The first-order valence-electron chi connectivity index (χ1n) is 4.37. The average Bonchev–Trinajstić information content (AvgIpc) is 2.42. The van der Waals surface area contributed by atoms with Crippen LogP contribution in [0.4, 0.5) is 0 Å². The van der Waals surface area contributed by atoms with Crippen molar-refractivity contribution in [1.29, 1.82) is 0 Å². The Morgan fingerprint density at radius 2 is 2.14 bits per heavy atom. The van der Waals surface area contributed by atoms with Crippen LogP contribution in [0.15, 0.2) is 12.1 Å². The van der Waals surface area contributed by atoms with Crippen molar-refractivity contribution in [3.8, 4) is 0 Å². The van der Waals surface area contributed by atoms with Crippen LogP contribution in [0.5, 0.6) is 0 Å². The molecule has 1 heterocycles. The molecule has 3 nitrogen and oxygen atoms in total. The number of fused-ring (bicyclic) bond motifs is 1. The third-order valence-corrected chi connectivity index (χ3v) is 2.77. The summed E-state index contributed by atoms with van der Waals surface area (Å²) in [4.78, 5) is 4.30. The van der Waals surface area contributed by atoms with Gasteiger partial charge in [-0.3, -0.25) is 0 Å². The summed E-state index contributed by atoms with van der Waals surface area (Å²) in [6.07, 6.45) is 0. The molecule has 4 heteroatoms. The lowest BCUT2D eigenvalue weighted by Crippen LogP contribution is -1.98. The number of nitrogens with zero attached hydrogens (tertiary/aromatic N) is 2. The number of hydrogen-bond acceptors (Lipinski definition) is 2. The summed E-state index contributed by atoms with van der Waals surface area (Å²) >= 11 is 5.98. The van der Waals surface area contributed by atoms with E-state index in [1.165, 1.54) is 0 Å². The smallest absolute Gasteiger partial charge is 0.121 e. The molecule has 0 saturated heterocycles. The molecule has 0 aliphatic heterocycles. The third-order valence-electron chi connectivity index (χ3n) is 2.36. The van der Waals surface area contributed by atoms with Crippen LogP contribution in [0.2, 0.25) is 5.02 Å². The molecule has 0 atom stereocenters. The maximum absolute atomic E-state index is 9.16. The molecule has 0 spiro atoms. The van der Waals surface area contributed by atoms with E-state index < -0.39 is 0 Å². The largest absolute Gasteiger partial charge is 0.376 e. The molecule has 0 bridgehead atoms. The van der Waals surface area contributed by atoms with Crippen LogP contribution in [0.1, 0.15) is 11.4 Å². The predicted octanol–water partition coefficient (Wildman–Crippen LogP) is 2.26. The molecule has 2 rings (SSSR count). The minimum Gasteiger partial charge on any atom is -0.376 e. The summed E-state index contributed by atoms with van der Waals surface area (Å²) in [5.74, 6) is 0.796. The first kappa shape index (κ1) is 9.49. The Morgan fingerprint density at radius 1 is 1.43 bits per heavy atom. The van der Waals surface area contributed by atoms with E-state index >= 15 is 0 Å². The van der Waals surface area contributed by atoms with Gasteiger partial charge in [-0.15, -0.1) is 0 Å². The summed E-state index contributed by atoms with van der Waals surface area (Å²) < 4.78 is 1.75. The molecule has 0 fully saturated rings. The Balaban J connectivity index is 2.82. The minimum atomic E-state index is -0.0522. The molecule has 1 aromatic heterocycles. The van der Waals surface area contributed by atoms with Gasteiger partial charge in [0.05, 0.1) is 11.0 Å². The normalized spacial score (nSPS) is 11.1. The van der Waals surface area contributed by atoms with Crippen molar-refractivity contribution in [1.82, 2.24) is 9.55 Å². The highest BCUT2D eigenvalue weighted by Crippen LogP contribution is 2.23. The van der Waals surface area contributed by atoms with E-state index in [2.05, 4.69) is 4.98 Å². The van der Waals surface area contributed by atoms with Gasteiger partial charge in [0.2, 0.25) is 0 Å². The van der Waals surface area contributed by atoms with E-state index in [1.54, 1.807) is 4.57 Å². The van der Waals surface area contributed by atoms with E-state index in [0.29, 0.717) is 5.02 Å². The fraction of sp³-hybridized carbons (Fsp3) is 0.300. The van der Waals surface area contributed by atoms with E-state index in [1.807, 2.05) is 26.0 Å². The second kappa shape index (κ2) is 3.26. The summed E-state index contributed by atoms with van der Waals surface area (Å²) in [5, 5.41) is 9.86. The molecule has 0 aliphatic carbocycles. The maximum atomic E-state index is 9.16. The highest BCUT2D eigenvalue weighted by molar-refractivity contribution is 6.32. The van der Waals surface area contributed by atoms with E-state index in [-0.39, 0.29) is 6.73 Å². The van der Waals surface area contributed by atoms with Crippen molar-refractivity contribution in [2.75, 3.05) is 0 Å². The Labute approximate surface area is 86.9 Å². The van der Waals surface area contributed by atoms with Crippen molar-refractivity contribution < 1.29 is 5.11 Å². The molecule has 0 radical (unpaired) electrons. The maximum Gasteiger partial charge on any atom is 0.121 e. The van der Waals surface area contributed by atoms with E-state index in [9.17, 15) is 0 Å². The molecule has 0 saturated carbocycles. The van der Waals surface area contributed by atoms with Crippen LogP contribution in [0, 0.1) is 13.8 Å². The van der Waals surface area contributed by atoms with Gasteiger partial charge in [0.15, 0.2) is 0 Å². The lowest BCUT2D eigenvalue weighted by molar-refractivity contribution is 0.212. The molecule has 2 aromatic rings. The molecular formula is C10H11ClN2O. The number of imidazole rings is 1. The molecular weight excluding hydrogens is 200 g/mol. The number of aryl methyl sites for hydroxylation is 2. The van der Waals surface area contributed by atoms with E-state index in [4.69, 9.17) is 16.7 Å². The summed E-state index contributed by atoms with van der Waals surface area (Å²) in [6.45, 7) is 3.74. The standard InChI is InChI=1S/C10H11ClN2O/c1-6-3-10-9(4-8(6)11)12-7(2)13(10)5-14/h3-4,14H,5H2,1-2H3. The first-order valence-corrected chi connectivity index (χ1v) is 4.75. The number of hydrogen-bond donors (Lipinski definition) is 1. The Hall–Kier alpha value is -1.06. The van der Waals surface area contributed by atoms with Crippen LogP contribution in [0.3, 0.4) is 0 Å². The number of halogens is 1. The van der Waals surface area contributed by atoms with Crippen LogP contribution in [0.25, 0.3) is 11.0 Å². The molecule has 0 aliphatic rings. The molecule has 1 N–H and O–H groups in total. The van der Waals surface area contributed by atoms with Gasteiger partial charge in [0.25, 0.3) is 0 Å². The van der Waals surface area contributed by atoms with Gasteiger partial charge in [0, 0.05) is 5.02 Å². The van der Waals surface area contributed by atoms with Crippen molar-refractivity contribution >= 4 is 22.6 Å². The first-order chi connectivity index (χ1) is 6.63. The highest BCUT2D eigenvalue weighted by atomic mass is 35.5. The zero-order chi connectivity index (χ0) is 10.3. The highest BCUT2D eigenvalue weighted by Gasteiger charge is 2.08. The van der Waals surface area contributed by atoms with Gasteiger partial charge in [-0.1, -0.05) is 11.6 Å². The second-order valence-electron chi connectivity index (χ2n) is 3.32. The number of aromatic nitrogens is 2. The van der Waals surface area contributed by atoms with Gasteiger partial charge in [-0.25, -0.2) is 4.98 Å². The van der Waals surface area contributed by atoms with Crippen LogP contribution in [-0.4, -0.2) is 14.7 Å². The Bertz CT molecular complexity index is 490. The van der Waals surface area contributed by atoms with Crippen molar-refractivity contribution in [3.05, 3.63) is 28.5 Å². The fourth-order valence-electron chi connectivity index (χ4n) is 1.55. The zero-order valence-corrected chi connectivity index (χ0v) is 8.84. The van der Waals surface area contributed by atoms with Gasteiger partial charge in [-0.05, 0) is 31.5 Å². The second-order valence-corrected chi connectivity index (χ2v) is 3.73. The van der Waals surface area contributed by atoms with Crippen molar-refractivity contribution in [3.63, 3.8) is 0 Å². The SMILES string of the molecule is Cc1cc2c(cc1Cl)nc(C)n2CO. The molecule has 1 aromatic carbocycles. The summed E-state index contributed by atoms with van der Waals surface area (Å²) in [5.41, 5.74) is 2.74. The Morgan fingerprint density at radius 3 is 2.79 bits per heavy atom. The number of benzene rings is 1. The predicted molar refractivity (Wildman–Crippen MR) is 56.4 cm³/mol. The lowest BCUT2D eigenvalue weighted by Gasteiger charge is -2.02. The molecule has 0 unspecified atom stereocenters. The number of aliphatic hydroxyl groups is 1. The molecule has 0 amide bonds. The fourth-order valence-corrected chi connectivity index (χ4v) is 1.71. The van der Waals surface area contributed by atoms with Crippen LogP contribution >= 0.6 is 11.6 Å². The topological polar surface area (TPSA) is 38.0 Å². The van der Waals surface area contributed by atoms with Gasteiger partial charge < -0.3 is 9.67 Å².